The second-order valence-corrected chi connectivity index (χ2v) is 2.82. The number of rotatable bonds is 3. The molecule has 0 aromatic carbocycles. The van der Waals surface area contributed by atoms with Crippen molar-refractivity contribution < 1.29 is 0 Å². The van der Waals surface area contributed by atoms with Gasteiger partial charge in [0.2, 0.25) is 0 Å². The number of allylic oxidation sites excluding steroid dienone is 2. The van der Waals surface area contributed by atoms with Crippen LogP contribution in [0.2, 0.25) is 0 Å². The highest BCUT2D eigenvalue weighted by Crippen LogP contribution is 2.19. The van der Waals surface area contributed by atoms with E-state index in [1.807, 2.05) is 0 Å². The molecule has 1 heterocycles. The van der Waals surface area contributed by atoms with Crippen LogP contribution in [0.3, 0.4) is 0 Å². The molecular formula is C9H18N2. The van der Waals surface area contributed by atoms with Crippen LogP contribution in [0.1, 0.15) is 33.6 Å². The molecule has 1 rings (SSSR count). The molecule has 0 spiro atoms. The highest BCUT2D eigenvalue weighted by molar-refractivity contribution is 5.15. The summed E-state index contributed by atoms with van der Waals surface area (Å²) >= 11 is 0. The van der Waals surface area contributed by atoms with Crippen molar-refractivity contribution in [1.29, 1.82) is 0 Å². The van der Waals surface area contributed by atoms with Crippen LogP contribution in [-0.4, -0.2) is 18.1 Å². The predicted molar refractivity (Wildman–Crippen MR) is 48.0 cm³/mol. The molecule has 2 nitrogen and oxygen atoms in total. The molecule has 0 aromatic heterocycles. The standard InChI is InChI=1S/C9H18N2/c1-4-8-9(5-2)11(6-3)7-10-8/h10H,4-7H2,1-3H3. The van der Waals surface area contributed by atoms with Crippen molar-refractivity contribution >= 4 is 0 Å². The van der Waals surface area contributed by atoms with Crippen LogP contribution < -0.4 is 5.32 Å². The molecule has 0 saturated carbocycles. The summed E-state index contributed by atoms with van der Waals surface area (Å²) in [6.07, 6.45) is 2.30. The number of nitrogens with zero attached hydrogens (tertiary/aromatic N) is 1. The Morgan fingerprint density at radius 1 is 1.27 bits per heavy atom. The zero-order valence-electron chi connectivity index (χ0n) is 7.78. The Balaban J connectivity index is 2.70. The Kier molecular flexibility index (Phi) is 2.80. The zero-order valence-corrected chi connectivity index (χ0v) is 7.78. The van der Waals surface area contributed by atoms with Crippen molar-refractivity contribution in [2.24, 2.45) is 0 Å². The normalized spacial score (nSPS) is 17.5. The Morgan fingerprint density at radius 3 is 2.45 bits per heavy atom. The van der Waals surface area contributed by atoms with Crippen LogP contribution in [0.5, 0.6) is 0 Å². The summed E-state index contributed by atoms with van der Waals surface area (Å²) in [6.45, 7) is 8.77. The molecule has 0 aliphatic carbocycles. The first-order valence-corrected chi connectivity index (χ1v) is 4.54. The summed E-state index contributed by atoms with van der Waals surface area (Å²) in [5, 5.41) is 3.41. The molecular weight excluding hydrogens is 136 g/mol. The van der Waals surface area contributed by atoms with E-state index in [0.717, 1.165) is 26.1 Å². The predicted octanol–water partition coefficient (Wildman–Crippen LogP) is 1.90. The van der Waals surface area contributed by atoms with E-state index in [1.54, 1.807) is 0 Å². The Morgan fingerprint density at radius 2 is 2.00 bits per heavy atom. The summed E-state index contributed by atoms with van der Waals surface area (Å²) in [4.78, 5) is 2.40. The second kappa shape index (κ2) is 3.65. The lowest BCUT2D eigenvalue weighted by Gasteiger charge is -2.17. The third kappa shape index (κ3) is 1.50. The molecule has 64 valence electrons. The summed E-state index contributed by atoms with van der Waals surface area (Å²) in [5.74, 6) is 0. The van der Waals surface area contributed by atoms with Gasteiger partial charge >= 0.3 is 0 Å². The maximum atomic E-state index is 3.41. The maximum absolute atomic E-state index is 3.41. The van der Waals surface area contributed by atoms with E-state index in [2.05, 4.69) is 31.0 Å². The smallest absolute Gasteiger partial charge is 0.0871 e. The minimum Gasteiger partial charge on any atom is -0.370 e. The Bertz CT molecular complexity index is 161. The van der Waals surface area contributed by atoms with Crippen molar-refractivity contribution in [2.75, 3.05) is 13.2 Å². The molecule has 1 N–H and O–H groups in total. The SMILES string of the molecule is CCC1=C(CC)N(CC)CN1. The van der Waals surface area contributed by atoms with Gasteiger partial charge in [-0.2, -0.15) is 0 Å². The summed E-state index contributed by atoms with van der Waals surface area (Å²) in [5.41, 5.74) is 2.95. The molecule has 0 atom stereocenters. The molecule has 11 heavy (non-hydrogen) atoms. The first-order valence-electron chi connectivity index (χ1n) is 4.54. The molecule has 0 bridgehead atoms. The minimum absolute atomic E-state index is 1.02. The first kappa shape index (κ1) is 8.44. The van der Waals surface area contributed by atoms with Crippen LogP contribution >= 0.6 is 0 Å². The van der Waals surface area contributed by atoms with Crippen LogP contribution in [0.4, 0.5) is 0 Å². The van der Waals surface area contributed by atoms with E-state index in [1.165, 1.54) is 11.4 Å². The van der Waals surface area contributed by atoms with Crippen molar-refractivity contribution in [3.05, 3.63) is 11.4 Å². The lowest BCUT2D eigenvalue weighted by atomic mass is 10.2. The van der Waals surface area contributed by atoms with E-state index in [4.69, 9.17) is 0 Å². The van der Waals surface area contributed by atoms with Gasteiger partial charge in [0.15, 0.2) is 0 Å². The fourth-order valence-corrected chi connectivity index (χ4v) is 1.65. The van der Waals surface area contributed by atoms with E-state index in [-0.39, 0.29) is 0 Å². The van der Waals surface area contributed by atoms with Gasteiger partial charge in [0, 0.05) is 17.9 Å². The van der Waals surface area contributed by atoms with Crippen molar-refractivity contribution in [2.45, 2.75) is 33.6 Å². The third-order valence-electron chi connectivity index (χ3n) is 2.28. The molecule has 0 unspecified atom stereocenters. The second-order valence-electron chi connectivity index (χ2n) is 2.82. The average molecular weight is 154 g/mol. The van der Waals surface area contributed by atoms with Gasteiger partial charge in [0.05, 0.1) is 6.67 Å². The molecule has 0 aromatic rings. The largest absolute Gasteiger partial charge is 0.370 e. The Labute approximate surface area is 69.3 Å². The first-order chi connectivity index (χ1) is 5.33. The number of hydrogen-bond acceptors (Lipinski definition) is 2. The summed E-state index contributed by atoms with van der Waals surface area (Å²) in [7, 11) is 0. The van der Waals surface area contributed by atoms with Crippen LogP contribution in [0.15, 0.2) is 11.4 Å². The summed E-state index contributed by atoms with van der Waals surface area (Å²) < 4.78 is 0. The fraction of sp³-hybridized carbons (Fsp3) is 0.778. The lowest BCUT2D eigenvalue weighted by Crippen LogP contribution is -2.23. The minimum atomic E-state index is 1.02. The van der Waals surface area contributed by atoms with Crippen molar-refractivity contribution in [3.63, 3.8) is 0 Å². The molecule has 0 radical (unpaired) electrons. The molecule has 0 saturated heterocycles. The van der Waals surface area contributed by atoms with Crippen molar-refractivity contribution in [1.82, 2.24) is 10.2 Å². The van der Waals surface area contributed by atoms with E-state index < -0.39 is 0 Å². The maximum Gasteiger partial charge on any atom is 0.0871 e. The van der Waals surface area contributed by atoms with E-state index >= 15 is 0 Å². The fourth-order valence-electron chi connectivity index (χ4n) is 1.65. The lowest BCUT2D eigenvalue weighted by molar-refractivity contribution is 0.374. The summed E-state index contributed by atoms with van der Waals surface area (Å²) in [6, 6.07) is 0. The monoisotopic (exact) mass is 154 g/mol. The van der Waals surface area contributed by atoms with Gasteiger partial charge in [-0.05, 0) is 19.8 Å². The Hall–Kier alpha value is -0.660. The average Bonchev–Trinajstić information content (AvgIpc) is 2.45. The van der Waals surface area contributed by atoms with Gasteiger partial charge < -0.3 is 10.2 Å². The highest BCUT2D eigenvalue weighted by Gasteiger charge is 2.16. The van der Waals surface area contributed by atoms with Gasteiger partial charge in [-0.25, -0.2) is 0 Å². The topological polar surface area (TPSA) is 15.3 Å². The van der Waals surface area contributed by atoms with E-state index in [9.17, 15) is 0 Å². The quantitative estimate of drug-likeness (QED) is 0.668. The molecule has 1 aliphatic rings. The van der Waals surface area contributed by atoms with Gasteiger partial charge in [0.1, 0.15) is 0 Å². The van der Waals surface area contributed by atoms with Crippen LogP contribution in [0.25, 0.3) is 0 Å². The van der Waals surface area contributed by atoms with Crippen LogP contribution in [-0.2, 0) is 0 Å². The number of nitrogens with one attached hydrogen (secondary N) is 1. The molecule has 1 aliphatic heterocycles. The molecule has 0 fully saturated rings. The van der Waals surface area contributed by atoms with Gasteiger partial charge in [-0.3, -0.25) is 0 Å². The molecule has 0 amide bonds. The third-order valence-corrected chi connectivity index (χ3v) is 2.28. The van der Waals surface area contributed by atoms with E-state index in [0.29, 0.717) is 0 Å². The highest BCUT2D eigenvalue weighted by atomic mass is 15.3. The zero-order chi connectivity index (χ0) is 8.27. The van der Waals surface area contributed by atoms with Crippen molar-refractivity contribution in [3.8, 4) is 0 Å². The van der Waals surface area contributed by atoms with Gasteiger partial charge in [0.25, 0.3) is 0 Å². The van der Waals surface area contributed by atoms with Gasteiger partial charge in [-0.1, -0.05) is 13.8 Å². The number of hydrogen-bond donors (Lipinski definition) is 1. The molecule has 2 heteroatoms. The van der Waals surface area contributed by atoms with Crippen LogP contribution in [0, 0.1) is 0 Å². The van der Waals surface area contributed by atoms with Gasteiger partial charge in [-0.15, -0.1) is 0 Å².